The van der Waals surface area contributed by atoms with Crippen molar-refractivity contribution in [1.82, 2.24) is 24.6 Å². The van der Waals surface area contributed by atoms with E-state index in [1.165, 1.54) is 5.39 Å². The first-order valence-electron chi connectivity index (χ1n) is 10.4. The van der Waals surface area contributed by atoms with Crippen molar-refractivity contribution >= 4 is 16.8 Å². The summed E-state index contributed by atoms with van der Waals surface area (Å²) in [6, 6.07) is 14.5. The fraction of sp³-hybridized carbons (Fsp3) is 0.292. The van der Waals surface area contributed by atoms with Crippen molar-refractivity contribution in [2.24, 2.45) is 5.92 Å². The van der Waals surface area contributed by atoms with Gasteiger partial charge in [0.25, 0.3) is 0 Å². The molecule has 5 rings (SSSR count). The van der Waals surface area contributed by atoms with Gasteiger partial charge in [-0.25, -0.2) is 0 Å². The molecule has 6 nitrogen and oxygen atoms in total. The van der Waals surface area contributed by atoms with Crippen molar-refractivity contribution in [1.29, 1.82) is 0 Å². The SMILES string of the molecule is CC1CC(Cn2ccc3cc(-c4cn[nH]c4)ncc32)CN1C(=O)Cc1ccccc1. The van der Waals surface area contributed by atoms with Crippen LogP contribution in [0.5, 0.6) is 0 Å². The number of pyridine rings is 1. The van der Waals surface area contributed by atoms with Crippen molar-refractivity contribution < 1.29 is 4.79 Å². The van der Waals surface area contributed by atoms with Gasteiger partial charge in [0.1, 0.15) is 0 Å². The number of likely N-dealkylation sites (tertiary alicyclic amines) is 1. The molecule has 1 aromatic carbocycles. The molecule has 4 aromatic rings. The summed E-state index contributed by atoms with van der Waals surface area (Å²) in [7, 11) is 0. The van der Waals surface area contributed by atoms with Crippen LogP contribution in [0.15, 0.2) is 67.3 Å². The Bertz CT molecular complexity index is 1150. The topological polar surface area (TPSA) is 66.8 Å². The summed E-state index contributed by atoms with van der Waals surface area (Å²) in [5, 5.41) is 8.01. The Morgan fingerprint density at radius 3 is 2.87 bits per heavy atom. The van der Waals surface area contributed by atoms with Gasteiger partial charge in [-0.05, 0) is 37.0 Å². The van der Waals surface area contributed by atoms with Crippen LogP contribution in [0.4, 0.5) is 0 Å². The minimum absolute atomic E-state index is 0.222. The second kappa shape index (κ2) is 7.78. The third-order valence-electron chi connectivity index (χ3n) is 6.09. The number of hydrogen-bond donors (Lipinski definition) is 1. The van der Waals surface area contributed by atoms with Gasteiger partial charge in [0.05, 0.1) is 30.0 Å². The van der Waals surface area contributed by atoms with Crippen LogP contribution in [0, 0.1) is 5.92 Å². The summed E-state index contributed by atoms with van der Waals surface area (Å²) in [5.74, 6) is 0.670. The number of nitrogens with one attached hydrogen (secondary N) is 1. The zero-order valence-corrected chi connectivity index (χ0v) is 17.0. The number of carbonyl (C=O) groups excluding carboxylic acids is 1. The van der Waals surface area contributed by atoms with Crippen LogP contribution in [0.2, 0.25) is 0 Å². The number of benzene rings is 1. The number of rotatable bonds is 5. The lowest BCUT2D eigenvalue weighted by molar-refractivity contribution is -0.131. The van der Waals surface area contributed by atoms with E-state index in [0.717, 1.165) is 41.8 Å². The Morgan fingerprint density at radius 1 is 1.20 bits per heavy atom. The van der Waals surface area contributed by atoms with Crippen molar-refractivity contribution in [3.05, 3.63) is 72.8 Å². The zero-order valence-electron chi connectivity index (χ0n) is 17.0. The Hall–Kier alpha value is -3.41. The molecule has 6 heteroatoms. The van der Waals surface area contributed by atoms with E-state index >= 15 is 0 Å². The molecular weight excluding hydrogens is 374 g/mol. The highest BCUT2D eigenvalue weighted by Gasteiger charge is 2.32. The summed E-state index contributed by atoms with van der Waals surface area (Å²) in [5.41, 5.74) is 4.11. The molecule has 30 heavy (non-hydrogen) atoms. The predicted molar refractivity (Wildman–Crippen MR) is 117 cm³/mol. The van der Waals surface area contributed by atoms with Crippen LogP contribution < -0.4 is 0 Å². The molecule has 1 saturated heterocycles. The Kier molecular flexibility index (Phi) is 4.83. The van der Waals surface area contributed by atoms with Crippen molar-refractivity contribution in [2.45, 2.75) is 32.4 Å². The first-order chi connectivity index (χ1) is 14.7. The Labute approximate surface area is 175 Å². The molecule has 0 bridgehead atoms. The molecule has 4 heterocycles. The molecule has 2 atom stereocenters. The number of nitrogens with zero attached hydrogens (tertiary/aromatic N) is 4. The molecule has 152 valence electrons. The first-order valence-corrected chi connectivity index (χ1v) is 10.4. The molecule has 1 N–H and O–H groups in total. The van der Waals surface area contributed by atoms with Gasteiger partial charge in [-0.3, -0.25) is 14.9 Å². The lowest BCUT2D eigenvalue weighted by Gasteiger charge is -2.21. The average molecular weight is 399 g/mol. The van der Waals surface area contributed by atoms with Crippen LogP contribution in [-0.4, -0.2) is 43.1 Å². The van der Waals surface area contributed by atoms with E-state index < -0.39 is 0 Å². The average Bonchev–Trinajstić information content (AvgIpc) is 3.49. The summed E-state index contributed by atoms with van der Waals surface area (Å²) in [4.78, 5) is 19.5. The van der Waals surface area contributed by atoms with E-state index in [4.69, 9.17) is 0 Å². The highest BCUT2D eigenvalue weighted by Crippen LogP contribution is 2.28. The minimum atomic E-state index is 0.222. The van der Waals surface area contributed by atoms with E-state index in [9.17, 15) is 4.79 Å². The van der Waals surface area contributed by atoms with E-state index in [0.29, 0.717) is 12.3 Å². The molecule has 0 radical (unpaired) electrons. The summed E-state index contributed by atoms with van der Waals surface area (Å²) >= 11 is 0. The number of fused-ring (bicyclic) bond motifs is 1. The van der Waals surface area contributed by atoms with Gasteiger partial charge in [-0.1, -0.05) is 30.3 Å². The Morgan fingerprint density at radius 2 is 2.07 bits per heavy atom. The third kappa shape index (κ3) is 3.61. The Balaban J connectivity index is 1.28. The molecule has 2 unspecified atom stereocenters. The molecule has 1 aliphatic rings. The van der Waals surface area contributed by atoms with Gasteiger partial charge >= 0.3 is 0 Å². The second-order valence-corrected chi connectivity index (χ2v) is 8.24. The van der Waals surface area contributed by atoms with Crippen LogP contribution in [0.3, 0.4) is 0 Å². The molecule has 0 aliphatic carbocycles. The molecule has 0 spiro atoms. The lowest BCUT2D eigenvalue weighted by atomic mass is 10.1. The number of amides is 1. The minimum Gasteiger partial charge on any atom is -0.346 e. The van der Waals surface area contributed by atoms with Crippen molar-refractivity contribution in [3.8, 4) is 11.3 Å². The number of aromatic nitrogens is 4. The van der Waals surface area contributed by atoms with Gasteiger partial charge in [0.15, 0.2) is 0 Å². The second-order valence-electron chi connectivity index (χ2n) is 8.24. The van der Waals surface area contributed by atoms with Gasteiger partial charge < -0.3 is 9.47 Å². The zero-order chi connectivity index (χ0) is 20.5. The van der Waals surface area contributed by atoms with Gasteiger partial charge in [0, 0.05) is 42.5 Å². The van der Waals surface area contributed by atoms with Gasteiger partial charge in [-0.2, -0.15) is 5.10 Å². The third-order valence-corrected chi connectivity index (χ3v) is 6.09. The van der Waals surface area contributed by atoms with Crippen molar-refractivity contribution in [2.75, 3.05) is 6.54 Å². The smallest absolute Gasteiger partial charge is 0.227 e. The standard InChI is InChI=1S/C24H25N5O/c1-17-9-19(16-29(17)24(30)10-18-5-3-2-4-6-18)15-28-8-7-20-11-22(25-14-23(20)28)21-12-26-27-13-21/h2-8,11-14,17,19H,9-10,15-16H2,1H3,(H,26,27). The van der Waals surface area contributed by atoms with Gasteiger partial charge in [-0.15, -0.1) is 0 Å². The van der Waals surface area contributed by atoms with Crippen molar-refractivity contribution in [3.63, 3.8) is 0 Å². The van der Waals surface area contributed by atoms with Crippen LogP contribution in [-0.2, 0) is 17.8 Å². The first kappa shape index (κ1) is 18.6. The maximum absolute atomic E-state index is 12.8. The molecule has 3 aromatic heterocycles. The normalized spacial score (nSPS) is 18.9. The highest BCUT2D eigenvalue weighted by atomic mass is 16.2. The summed E-state index contributed by atoms with van der Waals surface area (Å²) < 4.78 is 2.27. The molecule has 1 fully saturated rings. The number of aromatic amines is 1. The molecule has 0 saturated carbocycles. The van der Waals surface area contributed by atoms with Crippen LogP contribution >= 0.6 is 0 Å². The fourth-order valence-corrected chi connectivity index (χ4v) is 4.57. The van der Waals surface area contributed by atoms with Crippen LogP contribution in [0.1, 0.15) is 18.9 Å². The lowest BCUT2D eigenvalue weighted by Crippen LogP contribution is -2.35. The van der Waals surface area contributed by atoms with E-state index in [1.807, 2.05) is 42.7 Å². The van der Waals surface area contributed by atoms with E-state index in [1.54, 1.807) is 6.20 Å². The van der Waals surface area contributed by atoms with Crippen LogP contribution in [0.25, 0.3) is 22.2 Å². The predicted octanol–water partition coefficient (Wildman–Crippen LogP) is 3.91. The maximum atomic E-state index is 12.8. The van der Waals surface area contributed by atoms with Gasteiger partial charge in [0.2, 0.25) is 5.91 Å². The summed E-state index contributed by atoms with van der Waals surface area (Å²) in [6.07, 6.45) is 9.21. The number of hydrogen-bond acceptors (Lipinski definition) is 3. The van der Waals surface area contributed by atoms with E-state index in [-0.39, 0.29) is 11.9 Å². The van der Waals surface area contributed by atoms with E-state index in [2.05, 4.69) is 49.9 Å². The molecular formula is C24H25N5O. The number of carbonyl (C=O) groups is 1. The fourth-order valence-electron chi connectivity index (χ4n) is 4.57. The molecule has 1 amide bonds. The molecule has 1 aliphatic heterocycles. The largest absolute Gasteiger partial charge is 0.346 e. The maximum Gasteiger partial charge on any atom is 0.227 e. The highest BCUT2D eigenvalue weighted by molar-refractivity contribution is 5.83. The quantitative estimate of drug-likeness (QED) is 0.553. The summed E-state index contributed by atoms with van der Waals surface area (Å²) in [6.45, 7) is 3.87. The monoisotopic (exact) mass is 399 g/mol. The number of H-pyrrole nitrogens is 1.